The van der Waals surface area contributed by atoms with Crippen LogP contribution in [0.25, 0.3) is 0 Å². The Hall–Kier alpha value is -0.250. The average Bonchev–Trinajstić information content (AvgIpc) is 2.24. The molecule has 0 spiro atoms. The second kappa shape index (κ2) is 4.69. The van der Waals surface area contributed by atoms with Crippen LogP contribution in [0, 0.1) is 23.7 Å². The maximum atomic E-state index is 12.1. The smallest absolute Gasteiger partial charge is 0.313 e. The Morgan fingerprint density at radius 3 is 1.94 bits per heavy atom. The Morgan fingerprint density at radius 2 is 1.44 bits per heavy atom. The third-order valence-corrected chi connectivity index (χ3v) is 5.24. The van der Waals surface area contributed by atoms with Gasteiger partial charge in [0.2, 0.25) is 0 Å². The third-order valence-electron chi connectivity index (χ3n) is 5.24. The SMILES string of the molecule is FC(F)(F)CCCNC1C2CC3CC(C2)CC1C3. The maximum absolute atomic E-state index is 12.1. The normalized spacial score (nSPS) is 42.5. The lowest BCUT2D eigenvalue weighted by atomic mass is 9.54. The van der Waals surface area contributed by atoms with E-state index >= 15 is 0 Å². The zero-order chi connectivity index (χ0) is 12.8. The van der Waals surface area contributed by atoms with Crippen LogP contribution in [0.5, 0.6) is 0 Å². The lowest BCUT2D eigenvalue weighted by molar-refractivity contribution is -0.135. The van der Waals surface area contributed by atoms with Crippen molar-refractivity contribution in [1.82, 2.24) is 5.32 Å². The summed E-state index contributed by atoms with van der Waals surface area (Å²) in [5.41, 5.74) is 0. The van der Waals surface area contributed by atoms with Gasteiger partial charge in [-0.3, -0.25) is 0 Å². The number of nitrogens with one attached hydrogen (secondary N) is 1. The maximum Gasteiger partial charge on any atom is 0.389 e. The number of halogens is 3. The number of hydrogen-bond donors (Lipinski definition) is 1. The van der Waals surface area contributed by atoms with Crippen LogP contribution in [0.3, 0.4) is 0 Å². The van der Waals surface area contributed by atoms with Gasteiger partial charge < -0.3 is 5.32 Å². The summed E-state index contributed by atoms with van der Waals surface area (Å²) in [7, 11) is 0. The molecule has 0 aromatic carbocycles. The fourth-order valence-corrected chi connectivity index (χ4v) is 4.82. The Labute approximate surface area is 107 Å². The molecule has 4 bridgehead atoms. The third kappa shape index (κ3) is 2.68. The highest BCUT2D eigenvalue weighted by atomic mass is 19.4. The van der Waals surface area contributed by atoms with Crippen LogP contribution in [-0.4, -0.2) is 18.8 Å². The summed E-state index contributed by atoms with van der Waals surface area (Å²) in [6.07, 6.45) is 2.31. The molecule has 4 saturated carbocycles. The molecule has 4 aliphatic carbocycles. The van der Waals surface area contributed by atoms with E-state index < -0.39 is 12.6 Å². The molecular formula is C14H22F3N. The Kier molecular flexibility index (Phi) is 3.33. The first-order chi connectivity index (χ1) is 8.51. The molecule has 104 valence electrons. The molecule has 0 heterocycles. The number of rotatable bonds is 4. The van der Waals surface area contributed by atoms with Gasteiger partial charge in [-0.25, -0.2) is 0 Å². The van der Waals surface area contributed by atoms with Crippen molar-refractivity contribution in [1.29, 1.82) is 0 Å². The molecule has 0 saturated heterocycles. The van der Waals surface area contributed by atoms with E-state index in [1.54, 1.807) is 0 Å². The second-order valence-electron chi connectivity index (χ2n) is 6.63. The van der Waals surface area contributed by atoms with E-state index in [4.69, 9.17) is 0 Å². The molecule has 1 nitrogen and oxygen atoms in total. The molecule has 4 fully saturated rings. The van der Waals surface area contributed by atoms with E-state index in [2.05, 4.69) is 5.32 Å². The molecule has 0 aliphatic heterocycles. The molecular weight excluding hydrogens is 239 g/mol. The average molecular weight is 261 g/mol. The fraction of sp³-hybridized carbons (Fsp3) is 1.00. The summed E-state index contributed by atoms with van der Waals surface area (Å²) in [5, 5.41) is 3.44. The monoisotopic (exact) mass is 261 g/mol. The second-order valence-corrected chi connectivity index (χ2v) is 6.63. The summed E-state index contributed by atoms with van der Waals surface area (Å²) >= 11 is 0. The van der Waals surface area contributed by atoms with Crippen LogP contribution in [-0.2, 0) is 0 Å². The minimum Gasteiger partial charge on any atom is -0.313 e. The summed E-state index contributed by atoms with van der Waals surface area (Å²) < 4.78 is 36.2. The molecule has 0 aromatic heterocycles. The van der Waals surface area contributed by atoms with E-state index in [-0.39, 0.29) is 6.42 Å². The van der Waals surface area contributed by atoms with Crippen molar-refractivity contribution in [3.8, 4) is 0 Å². The Bertz CT molecular complexity index is 272. The van der Waals surface area contributed by atoms with Gasteiger partial charge in [0, 0.05) is 12.5 Å². The van der Waals surface area contributed by atoms with Crippen LogP contribution in [0.15, 0.2) is 0 Å². The molecule has 0 unspecified atom stereocenters. The fourth-order valence-electron chi connectivity index (χ4n) is 4.82. The topological polar surface area (TPSA) is 12.0 Å². The van der Waals surface area contributed by atoms with Gasteiger partial charge in [0.1, 0.15) is 0 Å². The zero-order valence-corrected chi connectivity index (χ0v) is 10.7. The van der Waals surface area contributed by atoms with Gasteiger partial charge in [0.25, 0.3) is 0 Å². The van der Waals surface area contributed by atoms with Crippen molar-refractivity contribution in [2.45, 2.75) is 57.2 Å². The van der Waals surface area contributed by atoms with Gasteiger partial charge in [-0.2, -0.15) is 13.2 Å². The summed E-state index contributed by atoms with van der Waals surface area (Å²) in [5.74, 6) is 3.38. The summed E-state index contributed by atoms with van der Waals surface area (Å²) in [6.45, 7) is 0.534. The first-order valence-corrected chi connectivity index (χ1v) is 7.31. The van der Waals surface area contributed by atoms with Gasteiger partial charge >= 0.3 is 6.18 Å². The minimum absolute atomic E-state index is 0.228. The highest BCUT2D eigenvalue weighted by molar-refractivity contribution is 5.01. The minimum atomic E-state index is -3.99. The van der Waals surface area contributed by atoms with Crippen molar-refractivity contribution in [2.75, 3.05) is 6.54 Å². The van der Waals surface area contributed by atoms with Crippen LogP contribution in [0.4, 0.5) is 13.2 Å². The predicted octanol–water partition coefficient (Wildman–Crippen LogP) is 3.74. The summed E-state index contributed by atoms with van der Waals surface area (Å²) in [4.78, 5) is 0. The van der Waals surface area contributed by atoms with Crippen molar-refractivity contribution in [2.24, 2.45) is 23.7 Å². The molecule has 0 aromatic rings. The summed E-state index contributed by atoms with van der Waals surface area (Å²) in [6, 6.07) is 0.519. The Balaban J connectivity index is 1.46. The molecule has 0 radical (unpaired) electrons. The van der Waals surface area contributed by atoms with Gasteiger partial charge in [0.15, 0.2) is 0 Å². The van der Waals surface area contributed by atoms with E-state index in [0.717, 1.165) is 23.7 Å². The van der Waals surface area contributed by atoms with Crippen LogP contribution < -0.4 is 5.32 Å². The number of alkyl halides is 3. The van der Waals surface area contributed by atoms with E-state index in [0.29, 0.717) is 12.6 Å². The molecule has 4 aliphatic rings. The van der Waals surface area contributed by atoms with Gasteiger partial charge in [-0.05, 0) is 68.7 Å². The van der Waals surface area contributed by atoms with Crippen LogP contribution in [0.1, 0.15) is 44.9 Å². The van der Waals surface area contributed by atoms with Crippen molar-refractivity contribution in [3.05, 3.63) is 0 Å². The first kappa shape index (κ1) is 12.8. The lowest BCUT2D eigenvalue weighted by Crippen LogP contribution is -2.54. The molecule has 4 rings (SSSR count). The highest BCUT2D eigenvalue weighted by Crippen LogP contribution is 2.53. The van der Waals surface area contributed by atoms with E-state index in [9.17, 15) is 13.2 Å². The zero-order valence-electron chi connectivity index (χ0n) is 10.7. The largest absolute Gasteiger partial charge is 0.389 e. The van der Waals surface area contributed by atoms with Crippen molar-refractivity contribution in [3.63, 3.8) is 0 Å². The lowest BCUT2D eigenvalue weighted by Gasteiger charge is -2.54. The molecule has 4 heteroatoms. The van der Waals surface area contributed by atoms with Gasteiger partial charge in [-0.1, -0.05) is 0 Å². The van der Waals surface area contributed by atoms with E-state index in [1.807, 2.05) is 0 Å². The molecule has 18 heavy (non-hydrogen) atoms. The van der Waals surface area contributed by atoms with E-state index in [1.165, 1.54) is 32.1 Å². The predicted molar refractivity (Wildman–Crippen MR) is 64.1 cm³/mol. The quantitative estimate of drug-likeness (QED) is 0.760. The number of hydrogen-bond acceptors (Lipinski definition) is 1. The highest BCUT2D eigenvalue weighted by Gasteiger charge is 2.47. The van der Waals surface area contributed by atoms with Gasteiger partial charge in [-0.15, -0.1) is 0 Å². The molecule has 1 N–H and O–H groups in total. The van der Waals surface area contributed by atoms with Gasteiger partial charge in [0.05, 0.1) is 0 Å². The molecule has 0 atom stereocenters. The van der Waals surface area contributed by atoms with Crippen molar-refractivity contribution < 1.29 is 13.2 Å². The van der Waals surface area contributed by atoms with Crippen LogP contribution in [0.2, 0.25) is 0 Å². The standard InChI is InChI=1S/C14H22F3N/c15-14(16,17)2-1-3-18-13-11-5-9-4-10(7-11)8-12(13)6-9/h9-13,18H,1-8H2. The molecule has 0 amide bonds. The first-order valence-electron chi connectivity index (χ1n) is 7.31. The van der Waals surface area contributed by atoms with Crippen molar-refractivity contribution >= 4 is 0 Å². The Morgan fingerprint density at radius 1 is 0.889 bits per heavy atom. The van der Waals surface area contributed by atoms with Crippen LogP contribution >= 0.6 is 0 Å².